The van der Waals surface area contributed by atoms with Gasteiger partial charge in [0.05, 0.1) is 7.11 Å². The number of benzene rings is 1. The first kappa shape index (κ1) is 25.5. The molecule has 7 rings (SSSR count). The van der Waals surface area contributed by atoms with Gasteiger partial charge < -0.3 is 19.3 Å². The fourth-order valence-corrected chi connectivity index (χ4v) is 9.59. The molecule has 3 saturated carbocycles. The maximum absolute atomic E-state index is 12.2. The van der Waals surface area contributed by atoms with E-state index in [2.05, 4.69) is 43.7 Å². The Labute approximate surface area is 232 Å². The van der Waals surface area contributed by atoms with Crippen LogP contribution in [-0.4, -0.2) is 48.9 Å². The average molecular weight is 532 g/mol. The van der Waals surface area contributed by atoms with E-state index in [-0.39, 0.29) is 23.7 Å². The fourth-order valence-electron chi connectivity index (χ4n) is 9.59. The highest BCUT2D eigenvalue weighted by molar-refractivity contribution is 5.91. The number of aliphatic hydroxyl groups is 1. The van der Waals surface area contributed by atoms with Crippen molar-refractivity contribution < 1.29 is 24.1 Å². The summed E-state index contributed by atoms with van der Waals surface area (Å²) in [5.74, 6) is 11.1. The van der Waals surface area contributed by atoms with Crippen molar-refractivity contribution in [1.29, 1.82) is 0 Å². The Morgan fingerprint density at radius 1 is 1.13 bits per heavy atom. The molecule has 0 unspecified atom stereocenters. The van der Waals surface area contributed by atoms with Crippen LogP contribution in [-0.2, 0) is 11.2 Å². The molecule has 6 aliphatic rings. The number of allylic oxidation sites excluding steroid dienone is 1. The molecule has 0 spiro atoms. The summed E-state index contributed by atoms with van der Waals surface area (Å²) in [4.78, 5) is 14.4. The molecule has 3 fully saturated rings. The van der Waals surface area contributed by atoms with E-state index in [1.807, 2.05) is 6.08 Å². The maximum atomic E-state index is 12.2. The molecule has 4 aliphatic carbocycles. The van der Waals surface area contributed by atoms with E-state index in [0.29, 0.717) is 41.5 Å². The van der Waals surface area contributed by atoms with Crippen LogP contribution in [0.2, 0.25) is 0 Å². The van der Waals surface area contributed by atoms with Crippen LogP contribution in [0.4, 0.5) is 0 Å². The molecule has 0 aromatic heterocycles. The molecule has 6 heteroatoms. The second kappa shape index (κ2) is 8.75. The van der Waals surface area contributed by atoms with Crippen molar-refractivity contribution in [3.05, 3.63) is 28.8 Å². The number of likely N-dealkylation sites (N-methyl/N-ethyl adjacent to an activating group) is 1. The molecule has 0 amide bonds. The Kier molecular flexibility index (Phi) is 5.72. The smallest absolute Gasteiger partial charge is 0.231 e. The number of nitrogens with zero attached hydrogens (tertiary/aromatic N) is 1. The van der Waals surface area contributed by atoms with E-state index in [1.165, 1.54) is 17.6 Å². The fraction of sp³-hybridized carbons (Fsp3) is 0.667. The van der Waals surface area contributed by atoms with Gasteiger partial charge in [-0.1, -0.05) is 31.3 Å². The molecular formula is C33H41NO5. The van der Waals surface area contributed by atoms with Crippen LogP contribution < -0.4 is 14.2 Å². The van der Waals surface area contributed by atoms with Crippen molar-refractivity contribution in [3.8, 4) is 29.1 Å². The van der Waals surface area contributed by atoms with Gasteiger partial charge in [0.15, 0.2) is 17.3 Å². The largest absolute Gasteiger partial charge is 0.492 e. The lowest BCUT2D eigenvalue weighted by Gasteiger charge is -2.57. The zero-order valence-corrected chi connectivity index (χ0v) is 23.8. The molecular weight excluding hydrogens is 490 g/mol. The topological polar surface area (TPSA) is 68.2 Å². The first-order chi connectivity index (χ1) is 18.6. The van der Waals surface area contributed by atoms with Gasteiger partial charge in [0, 0.05) is 18.5 Å². The molecule has 1 N–H and O–H groups in total. The summed E-state index contributed by atoms with van der Waals surface area (Å²) in [5, 5.41) is 12.0. The molecule has 6 nitrogen and oxygen atoms in total. The number of ether oxygens (including phenoxy) is 3. The van der Waals surface area contributed by atoms with E-state index < -0.39 is 5.60 Å². The second-order valence-corrected chi connectivity index (χ2v) is 13.7. The Hall–Kier alpha value is -2.49. The van der Waals surface area contributed by atoms with E-state index in [0.717, 1.165) is 62.8 Å². The number of carbonyl (C=O) groups is 1. The lowest BCUT2D eigenvalue weighted by molar-refractivity contribution is -0.117. The molecule has 0 radical (unpaired) electrons. The van der Waals surface area contributed by atoms with Crippen LogP contribution in [0, 0.1) is 40.4 Å². The number of fused-ring (bicyclic) bond motifs is 7. The molecule has 1 aromatic rings. The molecule has 7 atom stereocenters. The van der Waals surface area contributed by atoms with Crippen molar-refractivity contribution in [2.75, 3.05) is 27.5 Å². The summed E-state index contributed by atoms with van der Waals surface area (Å²) >= 11 is 0. The first-order valence-electron chi connectivity index (χ1n) is 14.8. The van der Waals surface area contributed by atoms with Crippen LogP contribution in [0.25, 0.3) is 0 Å². The minimum Gasteiger partial charge on any atom is -0.492 e. The van der Waals surface area contributed by atoms with E-state index in [1.54, 1.807) is 7.11 Å². The molecule has 208 valence electrons. The third kappa shape index (κ3) is 3.79. The maximum Gasteiger partial charge on any atom is 0.231 e. The van der Waals surface area contributed by atoms with Gasteiger partial charge in [0.25, 0.3) is 0 Å². The number of rotatable bonds is 1. The molecule has 0 bridgehead atoms. The number of methoxy groups -OCH3 is 1. The van der Waals surface area contributed by atoms with Crippen LogP contribution >= 0.6 is 0 Å². The highest BCUT2D eigenvalue weighted by atomic mass is 16.7. The Morgan fingerprint density at radius 3 is 2.79 bits per heavy atom. The number of hydrogen-bond acceptors (Lipinski definition) is 6. The summed E-state index contributed by atoms with van der Waals surface area (Å²) in [6.45, 7) is 5.90. The van der Waals surface area contributed by atoms with Crippen molar-refractivity contribution in [2.45, 2.75) is 83.3 Å². The zero-order valence-electron chi connectivity index (χ0n) is 23.8. The predicted octanol–water partition coefficient (Wildman–Crippen LogP) is 5.22. The lowest BCUT2D eigenvalue weighted by Crippen LogP contribution is -2.49. The molecule has 39 heavy (non-hydrogen) atoms. The molecule has 2 heterocycles. The Bertz CT molecular complexity index is 1320. The number of ketones is 1. The van der Waals surface area contributed by atoms with Crippen molar-refractivity contribution in [3.63, 3.8) is 0 Å². The number of carbonyl (C=O) groups excluding carboxylic acids is 1. The van der Waals surface area contributed by atoms with Gasteiger partial charge in [0.2, 0.25) is 12.5 Å². The van der Waals surface area contributed by atoms with E-state index in [9.17, 15) is 9.90 Å². The summed E-state index contributed by atoms with van der Waals surface area (Å²) in [5.41, 5.74) is 2.87. The lowest BCUT2D eigenvalue weighted by atomic mass is 9.47. The standard InChI is InChI=1S/C33H41NO5/c1-31-11-8-24-23(6-5-21-16-22(35)7-12-32(21,24)2)25(31)17-33(36,18-31)13-9-26-28-20(10-14-34(26)3)15-27-29(30(28)37-4)39-19-38-27/h15-16,23-26,36H,5-8,10-12,14,17-19H2,1-4H3/t23-,24-,25+,26-,31+,32-,33-/m0/s1. The van der Waals surface area contributed by atoms with Gasteiger partial charge in [-0.2, -0.15) is 0 Å². The monoisotopic (exact) mass is 531 g/mol. The zero-order chi connectivity index (χ0) is 27.2. The molecule has 1 aromatic carbocycles. The SMILES string of the molecule is COc1c2c(cc3c1[C@H](C#C[C@]1(O)C[C@@H]4[C@H]5CCC6=CC(=O)CC[C@]6(C)[C@H]5CC[C@]4(C)C1)N(C)CC3)OCO2. The van der Waals surface area contributed by atoms with Crippen molar-refractivity contribution in [2.24, 2.45) is 28.6 Å². The first-order valence-corrected chi connectivity index (χ1v) is 14.8. The summed E-state index contributed by atoms with van der Waals surface area (Å²) in [7, 11) is 3.77. The van der Waals surface area contributed by atoms with Gasteiger partial charge in [-0.15, -0.1) is 0 Å². The predicted molar refractivity (Wildman–Crippen MR) is 148 cm³/mol. The van der Waals surface area contributed by atoms with Crippen molar-refractivity contribution in [1.82, 2.24) is 4.90 Å². The van der Waals surface area contributed by atoms with Crippen LogP contribution in [0.1, 0.15) is 82.4 Å². The van der Waals surface area contributed by atoms with Crippen molar-refractivity contribution >= 4 is 5.78 Å². The van der Waals surface area contributed by atoms with Gasteiger partial charge >= 0.3 is 0 Å². The Balaban J connectivity index is 1.19. The molecule has 0 saturated heterocycles. The minimum absolute atomic E-state index is 0.104. The number of hydrogen-bond donors (Lipinski definition) is 1. The van der Waals surface area contributed by atoms with Gasteiger partial charge in [-0.3, -0.25) is 9.69 Å². The summed E-state index contributed by atoms with van der Waals surface area (Å²) < 4.78 is 17.3. The van der Waals surface area contributed by atoms with Crippen LogP contribution in [0.3, 0.4) is 0 Å². The van der Waals surface area contributed by atoms with Gasteiger partial charge in [-0.05, 0) is 105 Å². The Morgan fingerprint density at radius 2 is 1.97 bits per heavy atom. The van der Waals surface area contributed by atoms with E-state index in [4.69, 9.17) is 14.2 Å². The van der Waals surface area contributed by atoms with Crippen LogP contribution in [0.15, 0.2) is 17.7 Å². The second-order valence-electron chi connectivity index (χ2n) is 13.7. The third-order valence-electron chi connectivity index (χ3n) is 11.6. The summed E-state index contributed by atoms with van der Waals surface area (Å²) in [6.07, 6.45) is 10.5. The van der Waals surface area contributed by atoms with Gasteiger partial charge in [-0.25, -0.2) is 0 Å². The van der Waals surface area contributed by atoms with Crippen LogP contribution in [0.5, 0.6) is 17.2 Å². The molecule has 2 aliphatic heterocycles. The van der Waals surface area contributed by atoms with Gasteiger partial charge in [0.1, 0.15) is 11.6 Å². The normalized spacial score (nSPS) is 40.4. The minimum atomic E-state index is -0.990. The summed E-state index contributed by atoms with van der Waals surface area (Å²) in [6, 6.07) is 1.90. The van der Waals surface area contributed by atoms with E-state index >= 15 is 0 Å². The highest BCUT2D eigenvalue weighted by Gasteiger charge is 2.60. The quantitative estimate of drug-likeness (QED) is 0.502. The highest BCUT2D eigenvalue weighted by Crippen LogP contribution is 2.66. The average Bonchev–Trinajstić information content (AvgIpc) is 3.48. The third-order valence-corrected chi connectivity index (χ3v) is 11.6.